The van der Waals surface area contributed by atoms with Gasteiger partial charge in [-0.15, -0.1) is 0 Å². The Bertz CT molecular complexity index is 1280. The lowest BCUT2D eigenvalue weighted by Gasteiger charge is -2.16. The van der Waals surface area contributed by atoms with Crippen LogP contribution in [0.2, 0.25) is 5.02 Å². The van der Waals surface area contributed by atoms with Crippen LogP contribution in [0.1, 0.15) is 36.8 Å². The maximum absolute atomic E-state index is 13.8. The number of nitrogens with zero attached hydrogens (tertiary/aromatic N) is 1. The number of hydrogen-bond acceptors (Lipinski definition) is 2. The molecule has 0 aliphatic heterocycles. The van der Waals surface area contributed by atoms with Crippen molar-refractivity contribution < 1.29 is 34.8 Å². The molecule has 1 fully saturated rings. The molecule has 2 aromatic carbocycles. The Kier molecular flexibility index (Phi) is 5.13. The fourth-order valence-corrected chi connectivity index (χ4v) is 5.64. The van der Waals surface area contributed by atoms with Crippen LogP contribution in [0.15, 0.2) is 53.6 Å². The number of aromatic nitrogens is 1. The zero-order chi connectivity index (χ0) is 23.7. The van der Waals surface area contributed by atoms with Crippen LogP contribution in [0.3, 0.4) is 0 Å². The van der Waals surface area contributed by atoms with Crippen molar-refractivity contribution in [3.63, 3.8) is 0 Å². The molecular formula is C21H16ClF6NO2S. The van der Waals surface area contributed by atoms with Gasteiger partial charge in [0.1, 0.15) is 0 Å². The van der Waals surface area contributed by atoms with Crippen molar-refractivity contribution in [2.45, 2.75) is 48.3 Å². The lowest BCUT2D eigenvalue weighted by molar-refractivity contribution is -0.185. The molecule has 11 heteroatoms. The number of benzene rings is 2. The van der Waals surface area contributed by atoms with E-state index in [1.165, 1.54) is 18.2 Å². The molecule has 1 aromatic heterocycles. The molecular weight excluding hydrogens is 480 g/mol. The van der Waals surface area contributed by atoms with E-state index >= 15 is 0 Å². The molecule has 1 heterocycles. The number of fused-ring (bicyclic) bond motifs is 1. The fraction of sp³-hybridized carbons (Fsp3) is 0.333. The van der Waals surface area contributed by atoms with E-state index in [1.807, 2.05) is 0 Å². The van der Waals surface area contributed by atoms with Crippen LogP contribution >= 0.6 is 11.6 Å². The second kappa shape index (κ2) is 7.15. The third-order valence-electron chi connectivity index (χ3n) is 5.67. The van der Waals surface area contributed by atoms with Crippen molar-refractivity contribution in [2.75, 3.05) is 0 Å². The molecule has 0 saturated heterocycles. The normalized spacial score (nSPS) is 19.0. The van der Waals surface area contributed by atoms with Crippen molar-refractivity contribution in [3.05, 3.63) is 64.8 Å². The standard InChI is InChI=1S/C21H16ClF6NO2S/c1-19(23,24)13-5-7-14(8-6-13)32(30,31)29-11-15(18-16(22)3-2-4-17(18)29)12-9-20(25,26)21(27,28)10-12/h2-8,11-12H,9-10H2,1H3. The SMILES string of the molecule is CC(F)(F)c1ccc(S(=O)(=O)n2cc(C3CC(F)(F)C(F)(F)C3)c3c(Cl)cccc32)cc1. The average Bonchev–Trinajstić information content (AvgIpc) is 3.17. The van der Waals surface area contributed by atoms with Crippen molar-refractivity contribution in [1.82, 2.24) is 3.97 Å². The molecule has 32 heavy (non-hydrogen) atoms. The van der Waals surface area contributed by atoms with E-state index in [4.69, 9.17) is 11.6 Å². The van der Waals surface area contributed by atoms with Gasteiger partial charge in [0.15, 0.2) is 0 Å². The Hall–Kier alpha value is -2.20. The number of halogens is 7. The van der Waals surface area contributed by atoms with Crippen molar-refractivity contribution in [3.8, 4) is 0 Å². The summed E-state index contributed by atoms with van der Waals surface area (Å²) in [5.74, 6) is -13.0. The van der Waals surface area contributed by atoms with Crippen molar-refractivity contribution in [1.29, 1.82) is 0 Å². The minimum absolute atomic E-state index is 0.0101. The van der Waals surface area contributed by atoms with Gasteiger partial charge in [-0.1, -0.05) is 29.8 Å². The molecule has 1 aliphatic carbocycles. The molecule has 0 unspecified atom stereocenters. The number of rotatable bonds is 4. The first-order valence-corrected chi connectivity index (χ1v) is 11.3. The van der Waals surface area contributed by atoms with E-state index in [0.29, 0.717) is 6.92 Å². The first kappa shape index (κ1) is 23.0. The van der Waals surface area contributed by atoms with E-state index in [0.717, 1.165) is 34.4 Å². The Morgan fingerprint density at radius 1 is 1.00 bits per heavy atom. The first-order chi connectivity index (χ1) is 14.6. The number of alkyl halides is 6. The summed E-state index contributed by atoms with van der Waals surface area (Å²) in [7, 11) is -4.37. The minimum atomic E-state index is -4.37. The topological polar surface area (TPSA) is 39.1 Å². The molecule has 0 radical (unpaired) electrons. The monoisotopic (exact) mass is 495 g/mol. The van der Waals surface area contributed by atoms with Gasteiger partial charge in [-0.05, 0) is 35.7 Å². The second-order valence-corrected chi connectivity index (χ2v) is 10.2. The van der Waals surface area contributed by atoms with E-state index in [2.05, 4.69) is 0 Å². The minimum Gasteiger partial charge on any atom is -0.241 e. The molecule has 3 aromatic rings. The van der Waals surface area contributed by atoms with Gasteiger partial charge in [0, 0.05) is 36.9 Å². The third-order valence-corrected chi connectivity index (χ3v) is 7.68. The molecule has 1 aliphatic rings. The highest BCUT2D eigenvalue weighted by molar-refractivity contribution is 7.90. The average molecular weight is 496 g/mol. The Morgan fingerprint density at radius 3 is 2.09 bits per heavy atom. The van der Waals surface area contributed by atoms with E-state index in [1.54, 1.807) is 0 Å². The summed E-state index contributed by atoms with van der Waals surface area (Å²) in [6, 6.07) is 8.11. The molecule has 3 nitrogen and oxygen atoms in total. The summed E-state index contributed by atoms with van der Waals surface area (Å²) >= 11 is 6.20. The predicted octanol–water partition coefficient (Wildman–Crippen LogP) is 6.79. The van der Waals surface area contributed by atoms with Crippen molar-refractivity contribution in [2.24, 2.45) is 0 Å². The first-order valence-electron chi connectivity index (χ1n) is 9.44. The maximum Gasteiger partial charge on any atom is 0.310 e. The molecule has 1 saturated carbocycles. The van der Waals surface area contributed by atoms with Gasteiger partial charge in [-0.3, -0.25) is 0 Å². The summed E-state index contributed by atoms with van der Waals surface area (Å²) in [5.41, 5.74) is -0.424. The quantitative estimate of drug-likeness (QED) is 0.374. The molecule has 172 valence electrons. The summed E-state index contributed by atoms with van der Waals surface area (Å²) in [6.45, 7) is 0.664. The molecule has 0 spiro atoms. The largest absolute Gasteiger partial charge is 0.310 e. The lowest BCUT2D eigenvalue weighted by Crippen LogP contribution is -2.33. The predicted molar refractivity (Wildman–Crippen MR) is 107 cm³/mol. The number of hydrogen-bond donors (Lipinski definition) is 0. The van der Waals surface area contributed by atoms with E-state index in [-0.39, 0.29) is 26.4 Å². The van der Waals surface area contributed by atoms with E-state index in [9.17, 15) is 34.8 Å². The van der Waals surface area contributed by atoms with Gasteiger partial charge in [-0.2, -0.15) is 17.6 Å². The van der Waals surface area contributed by atoms with Crippen LogP contribution in [0, 0.1) is 0 Å². The highest BCUT2D eigenvalue weighted by Gasteiger charge is 2.63. The molecule has 0 atom stereocenters. The summed E-state index contributed by atoms with van der Waals surface area (Å²) in [6.07, 6.45) is -1.31. The van der Waals surface area contributed by atoms with Gasteiger partial charge in [0.25, 0.3) is 15.9 Å². The van der Waals surface area contributed by atoms with Gasteiger partial charge >= 0.3 is 11.8 Å². The fourth-order valence-electron chi connectivity index (χ4n) is 3.99. The molecule has 4 rings (SSSR count). The van der Waals surface area contributed by atoms with Crippen LogP contribution in [0.5, 0.6) is 0 Å². The van der Waals surface area contributed by atoms with Crippen molar-refractivity contribution >= 4 is 32.5 Å². The Balaban J connectivity index is 1.87. The lowest BCUT2D eigenvalue weighted by atomic mass is 9.97. The molecule has 0 bridgehead atoms. The second-order valence-electron chi connectivity index (χ2n) is 7.95. The van der Waals surface area contributed by atoms with Crippen LogP contribution in [0.4, 0.5) is 26.3 Å². The maximum atomic E-state index is 13.8. The van der Waals surface area contributed by atoms with Crippen LogP contribution in [0.25, 0.3) is 10.9 Å². The Labute approximate surface area is 184 Å². The van der Waals surface area contributed by atoms with Gasteiger partial charge in [-0.25, -0.2) is 21.2 Å². The van der Waals surface area contributed by atoms with Crippen LogP contribution in [-0.4, -0.2) is 24.2 Å². The zero-order valence-electron chi connectivity index (χ0n) is 16.4. The third kappa shape index (κ3) is 3.57. The van der Waals surface area contributed by atoms with Crippen LogP contribution < -0.4 is 0 Å². The highest BCUT2D eigenvalue weighted by atomic mass is 35.5. The van der Waals surface area contributed by atoms with Gasteiger partial charge < -0.3 is 0 Å². The highest BCUT2D eigenvalue weighted by Crippen LogP contribution is 2.55. The summed E-state index contributed by atoms with van der Waals surface area (Å²) in [5, 5.41) is 0.0962. The van der Waals surface area contributed by atoms with E-state index < -0.39 is 52.1 Å². The van der Waals surface area contributed by atoms with Gasteiger partial charge in [0.05, 0.1) is 15.4 Å². The summed E-state index contributed by atoms with van der Waals surface area (Å²) in [4.78, 5) is -0.337. The van der Waals surface area contributed by atoms with Gasteiger partial charge in [0.2, 0.25) is 0 Å². The molecule has 0 N–H and O–H groups in total. The summed E-state index contributed by atoms with van der Waals surface area (Å²) < 4.78 is 109. The Morgan fingerprint density at radius 2 is 1.56 bits per heavy atom. The molecule has 0 amide bonds. The van der Waals surface area contributed by atoms with Crippen LogP contribution in [-0.2, 0) is 15.9 Å². The smallest absolute Gasteiger partial charge is 0.241 e. The zero-order valence-corrected chi connectivity index (χ0v) is 18.0.